The predicted molar refractivity (Wildman–Crippen MR) is 70.3 cm³/mol. The van der Waals surface area contributed by atoms with Crippen LogP contribution in [0.2, 0.25) is 5.15 Å². The molecule has 0 N–H and O–H groups in total. The average molecular weight is 266 g/mol. The number of halogens is 1. The van der Waals surface area contributed by atoms with Gasteiger partial charge in [0.05, 0.1) is 5.69 Å². The number of ether oxygens (including phenoxy) is 1. The maximum Gasteiger partial charge on any atom is 0.157 e. The second-order valence-electron chi connectivity index (χ2n) is 4.84. The van der Waals surface area contributed by atoms with E-state index in [4.69, 9.17) is 16.3 Å². The molecule has 1 aliphatic heterocycles. The molecule has 0 bridgehead atoms. The van der Waals surface area contributed by atoms with Gasteiger partial charge in [-0.3, -0.25) is 0 Å². The van der Waals surface area contributed by atoms with Gasteiger partial charge in [0.25, 0.3) is 0 Å². The zero-order valence-electron chi connectivity index (χ0n) is 10.6. The van der Waals surface area contributed by atoms with Crippen LogP contribution in [0, 0.1) is 13.8 Å². The van der Waals surface area contributed by atoms with Gasteiger partial charge in [0.1, 0.15) is 5.15 Å². The molecule has 18 heavy (non-hydrogen) atoms. The molecule has 0 aliphatic carbocycles. The summed E-state index contributed by atoms with van der Waals surface area (Å²) in [5.41, 5.74) is 3.87. The first-order valence-electron chi connectivity index (χ1n) is 6.27. The van der Waals surface area contributed by atoms with Crippen molar-refractivity contribution in [3.63, 3.8) is 0 Å². The molecule has 0 aromatic carbocycles. The van der Waals surface area contributed by atoms with Crippen LogP contribution >= 0.6 is 11.6 Å². The zero-order chi connectivity index (χ0) is 12.7. The first-order chi connectivity index (χ1) is 8.66. The van der Waals surface area contributed by atoms with E-state index in [0.29, 0.717) is 11.1 Å². The fourth-order valence-corrected chi connectivity index (χ4v) is 2.63. The number of fused-ring (bicyclic) bond motifs is 1. The number of hydrogen-bond donors (Lipinski definition) is 0. The Hall–Kier alpha value is -1.13. The van der Waals surface area contributed by atoms with Crippen molar-refractivity contribution in [3.05, 3.63) is 28.2 Å². The van der Waals surface area contributed by atoms with Crippen LogP contribution < -0.4 is 0 Å². The topological polar surface area (TPSA) is 39.4 Å². The largest absolute Gasteiger partial charge is 0.381 e. The summed E-state index contributed by atoms with van der Waals surface area (Å²) in [4.78, 5) is 4.54. The number of aromatic nitrogens is 3. The molecule has 0 amide bonds. The molecule has 5 heteroatoms. The highest BCUT2D eigenvalue weighted by Crippen LogP contribution is 2.28. The van der Waals surface area contributed by atoms with Crippen LogP contribution in [0.1, 0.15) is 35.7 Å². The molecule has 0 spiro atoms. The SMILES string of the molecule is Cc1nc2cc(C3CCOCC3)nn2c(Cl)c1C. The van der Waals surface area contributed by atoms with E-state index in [1.165, 1.54) is 0 Å². The summed E-state index contributed by atoms with van der Waals surface area (Å²) in [6.07, 6.45) is 2.05. The maximum absolute atomic E-state index is 6.32. The Bertz CT molecular complexity index is 587. The number of rotatable bonds is 1. The second kappa shape index (κ2) is 4.52. The Labute approximate surface area is 111 Å². The van der Waals surface area contributed by atoms with Crippen LogP contribution in [0.5, 0.6) is 0 Å². The lowest BCUT2D eigenvalue weighted by atomic mass is 9.97. The number of nitrogens with zero attached hydrogens (tertiary/aromatic N) is 3. The maximum atomic E-state index is 6.32. The minimum Gasteiger partial charge on any atom is -0.381 e. The van der Waals surface area contributed by atoms with E-state index in [-0.39, 0.29) is 0 Å². The minimum absolute atomic E-state index is 0.470. The first kappa shape index (κ1) is 11.9. The van der Waals surface area contributed by atoms with E-state index in [9.17, 15) is 0 Å². The summed E-state index contributed by atoms with van der Waals surface area (Å²) in [5.74, 6) is 0.470. The van der Waals surface area contributed by atoms with Crippen LogP contribution in [-0.4, -0.2) is 27.8 Å². The molecule has 4 nitrogen and oxygen atoms in total. The summed E-state index contributed by atoms with van der Waals surface area (Å²) >= 11 is 6.32. The van der Waals surface area contributed by atoms with Gasteiger partial charge in [0.15, 0.2) is 5.65 Å². The van der Waals surface area contributed by atoms with E-state index >= 15 is 0 Å². The third-order valence-corrected chi connectivity index (χ3v) is 4.11. The second-order valence-corrected chi connectivity index (χ2v) is 5.20. The molecule has 0 atom stereocenters. The van der Waals surface area contributed by atoms with Gasteiger partial charge in [-0.2, -0.15) is 5.10 Å². The molecule has 3 rings (SSSR count). The fourth-order valence-electron chi connectivity index (χ4n) is 2.37. The van der Waals surface area contributed by atoms with Crippen molar-refractivity contribution in [1.29, 1.82) is 0 Å². The Morgan fingerprint density at radius 1 is 1.33 bits per heavy atom. The molecule has 2 aromatic rings. The van der Waals surface area contributed by atoms with Gasteiger partial charge in [0.2, 0.25) is 0 Å². The Balaban J connectivity index is 2.07. The summed E-state index contributed by atoms with van der Waals surface area (Å²) < 4.78 is 7.13. The highest BCUT2D eigenvalue weighted by Gasteiger charge is 2.20. The molecule has 1 saturated heterocycles. The normalized spacial score (nSPS) is 17.5. The van der Waals surface area contributed by atoms with Crippen molar-refractivity contribution in [2.45, 2.75) is 32.6 Å². The third kappa shape index (κ3) is 1.89. The van der Waals surface area contributed by atoms with E-state index in [1.807, 2.05) is 19.9 Å². The average Bonchev–Trinajstić information content (AvgIpc) is 2.81. The zero-order valence-corrected chi connectivity index (χ0v) is 11.4. The smallest absolute Gasteiger partial charge is 0.157 e. The molecule has 0 saturated carbocycles. The highest BCUT2D eigenvalue weighted by molar-refractivity contribution is 6.30. The van der Waals surface area contributed by atoms with Gasteiger partial charge in [0, 0.05) is 36.5 Å². The van der Waals surface area contributed by atoms with Crippen LogP contribution in [0.3, 0.4) is 0 Å². The van der Waals surface area contributed by atoms with Crippen molar-refractivity contribution in [2.24, 2.45) is 0 Å². The van der Waals surface area contributed by atoms with Crippen molar-refractivity contribution in [3.8, 4) is 0 Å². The first-order valence-corrected chi connectivity index (χ1v) is 6.64. The standard InChI is InChI=1S/C13H16ClN3O/c1-8-9(2)15-12-7-11(16-17(12)13(8)14)10-3-5-18-6-4-10/h7,10H,3-6H2,1-2H3. The van der Waals surface area contributed by atoms with Crippen LogP contribution in [0.15, 0.2) is 6.07 Å². The van der Waals surface area contributed by atoms with Crippen molar-refractivity contribution < 1.29 is 4.74 Å². The highest BCUT2D eigenvalue weighted by atomic mass is 35.5. The fraction of sp³-hybridized carbons (Fsp3) is 0.538. The van der Waals surface area contributed by atoms with Crippen molar-refractivity contribution >= 4 is 17.2 Å². The van der Waals surface area contributed by atoms with E-state index in [1.54, 1.807) is 4.52 Å². The van der Waals surface area contributed by atoms with E-state index in [0.717, 1.165) is 48.7 Å². The van der Waals surface area contributed by atoms with Gasteiger partial charge < -0.3 is 4.74 Å². The lowest BCUT2D eigenvalue weighted by Crippen LogP contribution is -2.14. The molecule has 96 valence electrons. The Kier molecular flexibility index (Phi) is 2.99. The molecular weight excluding hydrogens is 250 g/mol. The number of hydrogen-bond acceptors (Lipinski definition) is 3. The van der Waals surface area contributed by atoms with Gasteiger partial charge in [-0.05, 0) is 26.7 Å². The molecule has 0 unspecified atom stereocenters. The van der Waals surface area contributed by atoms with Crippen molar-refractivity contribution in [2.75, 3.05) is 13.2 Å². The molecule has 0 radical (unpaired) electrons. The van der Waals surface area contributed by atoms with Gasteiger partial charge in [-0.25, -0.2) is 9.50 Å². The molecule has 2 aromatic heterocycles. The molecule has 1 aliphatic rings. The Morgan fingerprint density at radius 3 is 2.78 bits per heavy atom. The predicted octanol–water partition coefficient (Wildman–Crippen LogP) is 2.89. The van der Waals surface area contributed by atoms with Gasteiger partial charge in [-0.1, -0.05) is 11.6 Å². The summed E-state index contributed by atoms with van der Waals surface area (Å²) in [6, 6.07) is 2.05. The quantitative estimate of drug-likeness (QED) is 0.745. The van der Waals surface area contributed by atoms with Crippen LogP contribution in [0.4, 0.5) is 0 Å². The number of aryl methyl sites for hydroxylation is 1. The van der Waals surface area contributed by atoms with E-state index in [2.05, 4.69) is 10.1 Å². The van der Waals surface area contributed by atoms with Crippen molar-refractivity contribution in [1.82, 2.24) is 14.6 Å². The van der Waals surface area contributed by atoms with Gasteiger partial charge in [-0.15, -0.1) is 0 Å². The van der Waals surface area contributed by atoms with Crippen LogP contribution in [-0.2, 0) is 4.74 Å². The molecule has 3 heterocycles. The Morgan fingerprint density at radius 2 is 2.06 bits per heavy atom. The summed E-state index contributed by atoms with van der Waals surface area (Å²) in [7, 11) is 0. The van der Waals surface area contributed by atoms with Gasteiger partial charge >= 0.3 is 0 Å². The lowest BCUT2D eigenvalue weighted by molar-refractivity contribution is 0.0844. The monoisotopic (exact) mass is 265 g/mol. The van der Waals surface area contributed by atoms with Crippen LogP contribution in [0.25, 0.3) is 5.65 Å². The summed E-state index contributed by atoms with van der Waals surface area (Å²) in [6.45, 7) is 5.58. The molecular formula is C13H16ClN3O. The lowest BCUT2D eigenvalue weighted by Gasteiger charge is -2.19. The third-order valence-electron chi connectivity index (χ3n) is 3.67. The minimum atomic E-state index is 0.470. The summed E-state index contributed by atoms with van der Waals surface area (Å²) in [5, 5.41) is 5.27. The van der Waals surface area contributed by atoms with E-state index < -0.39 is 0 Å². The molecule has 1 fully saturated rings.